The van der Waals surface area contributed by atoms with Crippen molar-refractivity contribution in [2.75, 3.05) is 6.54 Å². The molecule has 4 aromatic rings. The van der Waals surface area contributed by atoms with Crippen molar-refractivity contribution in [3.63, 3.8) is 0 Å². The van der Waals surface area contributed by atoms with Crippen LogP contribution in [0, 0.1) is 5.82 Å². The molecule has 0 saturated carbocycles. The average Bonchev–Trinajstić information content (AvgIpc) is 3.35. The number of benzene rings is 1. The first-order chi connectivity index (χ1) is 14.2. The highest BCUT2D eigenvalue weighted by atomic mass is 19.1. The lowest BCUT2D eigenvalue weighted by Crippen LogP contribution is -2.11. The Kier molecular flexibility index (Phi) is 4.33. The molecule has 0 bridgehead atoms. The summed E-state index contributed by atoms with van der Waals surface area (Å²) >= 11 is 0. The van der Waals surface area contributed by atoms with Gasteiger partial charge in [-0.1, -0.05) is 6.92 Å². The molecule has 1 aliphatic heterocycles. The maximum Gasteiger partial charge on any atom is 0.179 e. The highest BCUT2D eigenvalue weighted by Gasteiger charge is 2.27. The lowest BCUT2D eigenvalue weighted by molar-refractivity contribution is 0.629. The zero-order valence-corrected chi connectivity index (χ0v) is 15.7. The van der Waals surface area contributed by atoms with E-state index in [1.165, 1.54) is 12.1 Å². The number of nitrogens with zero attached hydrogens (tertiary/aromatic N) is 5. The monoisotopic (exact) mass is 387 g/mol. The SMILES string of the molecule is CCNCc1cncc(-c2cnc3c(c2)C(c2nc4ccc(F)cc4[nH]2)N=N3)c1. The number of aromatic nitrogens is 4. The van der Waals surface area contributed by atoms with Crippen molar-refractivity contribution in [2.45, 2.75) is 19.5 Å². The molecule has 1 atom stereocenters. The molecule has 7 nitrogen and oxygen atoms in total. The van der Waals surface area contributed by atoms with Crippen LogP contribution in [0.2, 0.25) is 0 Å². The van der Waals surface area contributed by atoms with Gasteiger partial charge < -0.3 is 10.3 Å². The van der Waals surface area contributed by atoms with Crippen molar-refractivity contribution < 1.29 is 4.39 Å². The van der Waals surface area contributed by atoms with E-state index < -0.39 is 6.04 Å². The Balaban J connectivity index is 1.51. The number of imidazole rings is 1. The predicted octanol–water partition coefficient (Wildman–Crippen LogP) is 4.46. The van der Waals surface area contributed by atoms with Crippen molar-refractivity contribution in [3.8, 4) is 11.1 Å². The molecule has 5 rings (SSSR count). The van der Waals surface area contributed by atoms with E-state index in [-0.39, 0.29) is 5.82 Å². The molecule has 144 valence electrons. The second kappa shape index (κ2) is 7.14. The fourth-order valence-electron chi connectivity index (χ4n) is 3.44. The Bertz CT molecular complexity index is 1230. The lowest BCUT2D eigenvalue weighted by atomic mass is 10.0. The summed E-state index contributed by atoms with van der Waals surface area (Å²) in [5.74, 6) is 0.878. The van der Waals surface area contributed by atoms with Gasteiger partial charge in [0.05, 0.1) is 11.0 Å². The van der Waals surface area contributed by atoms with Crippen LogP contribution in [-0.4, -0.2) is 26.5 Å². The highest BCUT2D eigenvalue weighted by molar-refractivity contribution is 5.75. The number of hydrogen-bond donors (Lipinski definition) is 2. The molecule has 0 fully saturated rings. The molecule has 29 heavy (non-hydrogen) atoms. The van der Waals surface area contributed by atoms with Gasteiger partial charge in [0.15, 0.2) is 11.9 Å². The van der Waals surface area contributed by atoms with Gasteiger partial charge in [0.25, 0.3) is 0 Å². The normalized spacial score (nSPS) is 15.2. The van der Waals surface area contributed by atoms with Crippen molar-refractivity contribution in [2.24, 2.45) is 10.2 Å². The van der Waals surface area contributed by atoms with E-state index in [2.05, 4.69) is 48.5 Å². The van der Waals surface area contributed by atoms with Crippen LogP contribution in [0.4, 0.5) is 10.2 Å². The van der Waals surface area contributed by atoms with Crippen molar-refractivity contribution in [3.05, 3.63) is 71.7 Å². The summed E-state index contributed by atoms with van der Waals surface area (Å²) in [6.07, 6.45) is 5.46. The van der Waals surface area contributed by atoms with Crippen molar-refractivity contribution in [1.29, 1.82) is 0 Å². The standard InChI is InChI=1S/C21H18FN7/c1-2-23-8-12-5-13(10-24-9-12)14-6-16-19(28-29-20(16)25-11-14)21-26-17-4-3-15(22)7-18(17)27-21/h3-7,9-11,19,23H,2,8H2,1H3,(H,26,27). The van der Waals surface area contributed by atoms with Crippen LogP contribution in [0.3, 0.4) is 0 Å². The molecular weight excluding hydrogens is 369 g/mol. The quantitative estimate of drug-likeness (QED) is 0.529. The molecule has 0 amide bonds. The molecule has 8 heteroatoms. The molecule has 0 spiro atoms. The van der Waals surface area contributed by atoms with Crippen LogP contribution in [0.5, 0.6) is 0 Å². The van der Waals surface area contributed by atoms with Gasteiger partial charge in [-0.25, -0.2) is 14.4 Å². The van der Waals surface area contributed by atoms with Crippen LogP contribution in [0.25, 0.3) is 22.2 Å². The molecule has 0 aliphatic carbocycles. The topological polar surface area (TPSA) is 91.2 Å². The van der Waals surface area contributed by atoms with Gasteiger partial charge in [0.2, 0.25) is 0 Å². The number of aromatic amines is 1. The van der Waals surface area contributed by atoms with Gasteiger partial charge in [0, 0.05) is 41.8 Å². The van der Waals surface area contributed by atoms with Gasteiger partial charge in [-0.05, 0) is 42.4 Å². The summed E-state index contributed by atoms with van der Waals surface area (Å²) < 4.78 is 13.5. The minimum atomic E-state index is -0.397. The lowest BCUT2D eigenvalue weighted by Gasteiger charge is -2.08. The number of hydrogen-bond acceptors (Lipinski definition) is 6. The largest absolute Gasteiger partial charge is 0.340 e. The van der Waals surface area contributed by atoms with Crippen molar-refractivity contribution in [1.82, 2.24) is 25.3 Å². The first-order valence-electron chi connectivity index (χ1n) is 9.42. The van der Waals surface area contributed by atoms with Gasteiger partial charge in [0.1, 0.15) is 11.6 Å². The molecule has 0 radical (unpaired) electrons. The highest BCUT2D eigenvalue weighted by Crippen LogP contribution is 2.39. The van der Waals surface area contributed by atoms with Gasteiger partial charge in [-0.2, -0.15) is 5.11 Å². The minimum Gasteiger partial charge on any atom is -0.340 e. The fraction of sp³-hybridized carbons (Fsp3) is 0.190. The van der Waals surface area contributed by atoms with E-state index in [1.807, 2.05) is 18.5 Å². The Morgan fingerprint density at radius 1 is 1.10 bits per heavy atom. The summed E-state index contributed by atoms with van der Waals surface area (Å²) in [6.45, 7) is 3.73. The second-order valence-electron chi connectivity index (χ2n) is 6.90. The van der Waals surface area contributed by atoms with Crippen LogP contribution >= 0.6 is 0 Å². The Labute approximate surface area is 166 Å². The summed E-state index contributed by atoms with van der Waals surface area (Å²) in [5.41, 5.74) is 5.21. The van der Waals surface area contributed by atoms with E-state index in [9.17, 15) is 4.39 Å². The number of rotatable bonds is 5. The molecular formula is C21H18FN7. The van der Waals surface area contributed by atoms with Crippen LogP contribution in [0.15, 0.2) is 59.2 Å². The molecule has 0 saturated heterocycles. The Morgan fingerprint density at radius 3 is 2.90 bits per heavy atom. The van der Waals surface area contributed by atoms with Gasteiger partial charge >= 0.3 is 0 Å². The number of pyridine rings is 2. The Morgan fingerprint density at radius 2 is 2.00 bits per heavy atom. The third kappa shape index (κ3) is 3.27. The molecule has 4 heterocycles. The first kappa shape index (κ1) is 17.6. The smallest absolute Gasteiger partial charge is 0.179 e. The van der Waals surface area contributed by atoms with Crippen LogP contribution < -0.4 is 5.32 Å². The maximum absolute atomic E-state index is 13.5. The third-order valence-electron chi connectivity index (χ3n) is 4.89. The summed E-state index contributed by atoms with van der Waals surface area (Å²) in [6, 6.07) is 8.19. The van der Waals surface area contributed by atoms with Crippen LogP contribution in [0.1, 0.15) is 29.9 Å². The zero-order chi connectivity index (χ0) is 19.8. The van der Waals surface area contributed by atoms with Gasteiger partial charge in [-0.3, -0.25) is 4.98 Å². The summed E-state index contributed by atoms with van der Waals surface area (Å²) in [5, 5.41) is 11.8. The predicted molar refractivity (Wildman–Crippen MR) is 107 cm³/mol. The number of fused-ring (bicyclic) bond motifs is 2. The average molecular weight is 387 g/mol. The maximum atomic E-state index is 13.5. The summed E-state index contributed by atoms with van der Waals surface area (Å²) in [7, 11) is 0. The molecule has 2 N–H and O–H groups in total. The minimum absolute atomic E-state index is 0.310. The second-order valence-corrected chi connectivity index (χ2v) is 6.90. The Hall–Kier alpha value is -3.52. The van der Waals surface area contributed by atoms with E-state index in [0.29, 0.717) is 22.7 Å². The van der Waals surface area contributed by atoms with E-state index in [4.69, 9.17) is 0 Å². The first-order valence-corrected chi connectivity index (χ1v) is 9.42. The van der Waals surface area contributed by atoms with Crippen LogP contribution in [-0.2, 0) is 6.54 Å². The van der Waals surface area contributed by atoms with Gasteiger partial charge in [-0.15, -0.1) is 5.11 Å². The molecule has 1 aliphatic rings. The third-order valence-corrected chi connectivity index (χ3v) is 4.89. The molecule has 1 aromatic carbocycles. The molecule has 1 unspecified atom stereocenters. The zero-order valence-electron chi connectivity index (χ0n) is 15.7. The number of nitrogens with one attached hydrogen (secondary N) is 2. The van der Waals surface area contributed by atoms with E-state index in [0.717, 1.165) is 35.3 Å². The number of H-pyrrole nitrogens is 1. The van der Waals surface area contributed by atoms with Crippen molar-refractivity contribution >= 4 is 16.9 Å². The number of azo groups is 1. The molecule has 3 aromatic heterocycles. The van der Waals surface area contributed by atoms with E-state index >= 15 is 0 Å². The fourth-order valence-corrected chi connectivity index (χ4v) is 3.44. The summed E-state index contributed by atoms with van der Waals surface area (Å²) in [4.78, 5) is 16.5. The van der Waals surface area contributed by atoms with E-state index in [1.54, 1.807) is 12.3 Å². The number of halogens is 1.